The van der Waals surface area contributed by atoms with Gasteiger partial charge in [0, 0.05) is 6.20 Å². The fourth-order valence-corrected chi connectivity index (χ4v) is 1.86. The maximum absolute atomic E-state index is 12.5. The number of halogens is 3. The summed E-state index contributed by atoms with van der Waals surface area (Å²) in [4.78, 5) is 4.01. The van der Waals surface area contributed by atoms with E-state index in [-0.39, 0.29) is 26.5 Å². The van der Waals surface area contributed by atoms with Gasteiger partial charge in [0.05, 0.1) is 17.7 Å². The second kappa shape index (κ2) is 7.33. The van der Waals surface area contributed by atoms with E-state index in [0.717, 1.165) is 11.3 Å². The Labute approximate surface area is 129 Å². The minimum atomic E-state index is -4.72. The minimum absolute atomic E-state index is 0. The number of aromatic nitrogens is 2. The molecule has 1 aromatic heterocycles. The van der Waals surface area contributed by atoms with Crippen molar-refractivity contribution in [3.63, 3.8) is 0 Å². The third-order valence-electron chi connectivity index (χ3n) is 2.87. The number of alkyl halides is 3. The second-order valence-electron chi connectivity index (χ2n) is 4.85. The summed E-state index contributed by atoms with van der Waals surface area (Å²) in [6, 6.07) is 4.82. The zero-order chi connectivity index (χ0) is 14.9. The van der Waals surface area contributed by atoms with Crippen LogP contribution in [-0.2, 0) is 0 Å². The minimum Gasteiger partial charge on any atom is -0.404 e. The first-order valence-corrected chi connectivity index (χ1v) is 6.17. The third-order valence-corrected chi connectivity index (χ3v) is 2.87. The van der Waals surface area contributed by atoms with Crippen LogP contribution in [0.15, 0.2) is 30.7 Å². The van der Waals surface area contributed by atoms with Crippen molar-refractivity contribution in [1.29, 1.82) is 0 Å². The molecule has 0 radical (unpaired) electrons. The van der Waals surface area contributed by atoms with Crippen LogP contribution in [0.5, 0.6) is 5.75 Å². The Bertz CT molecular complexity index is 604. The van der Waals surface area contributed by atoms with Gasteiger partial charge in [-0.25, -0.2) is 4.98 Å². The highest BCUT2D eigenvalue weighted by atomic mass is 19.4. The van der Waals surface area contributed by atoms with Crippen molar-refractivity contribution in [2.45, 2.75) is 47.9 Å². The molecule has 3 nitrogen and oxygen atoms in total. The Balaban J connectivity index is 0.00000220. The number of ether oxygens (including phenoxy) is 1. The molecule has 22 heavy (non-hydrogen) atoms. The number of benzene rings is 1. The van der Waals surface area contributed by atoms with Gasteiger partial charge in [-0.05, 0) is 30.5 Å². The number of hydrogen-bond acceptors (Lipinski definition) is 2. The van der Waals surface area contributed by atoms with Crippen LogP contribution in [0, 0.1) is 6.92 Å². The van der Waals surface area contributed by atoms with E-state index in [1.807, 2.05) is 13.8 Å². The molecule has 124 valence electrons. The standard InChI is InChI=1S/C14H15F3N2O.2CH4/c1-9(2)11-4-5-12(19-7-10(3)18-8-19)13(6-11)20-14(15,16)17;;/h4-9H,1-3H3;2*1H4. The van der Waals surface area contributed by atoms with Gasteiger partial charge >= 0.3 is 6.36 Å². The molecular weight excluding hydrogens is 293 g/mol. The lowest BCUT2D eigenvalue weighted by Gasteiger charge is -2.16. The maximum Gasteiger partial charge on any atom is 0.573 e. The van der Waals surface area contributed by atoms with Crippen LogP contribution >= 0.6 is 0 Å². The molecule has 0 saturated heterocycles. The van der Waals surface area contributed by atoms with Crippen LogP contribution in [0.1, 0.15) is 45.9 Å². The molecule has 1 heterocycles. The lowest BCUT2D eigenvalue weighted by Crippen LogP contribution is -2.18. The number of hydrogen-bond donors (Lipinski definition) is 0. The Morgan fingerprint density at radius 2 is 1.82 bits per heavy atom. The highest BCUT2D eigenvalue weighted by Crippen LogP contribution is 2.32. The molecule has 0 fully saturated rings. The third kappa shape index (κ3) is 4.79. The molecule has 0 N–H and O–H groups in total. The van der Waals surface area contributed by atoms with Gasteiger partial charge in [0.15, 0.2) is 5.75 Å². The van der Waals surface area contributed by atoms with Gasteiger partial charge in [0.25, 0.3) is 0 Å². The molecule has 0 aliphatic carbocycles. The van der Waals surface area contributed by atoms with Crippen LogP contribution < -0.4 is 4.74 Å². The Morgan fingerprint density at radius 3 is 2.27 bits per heavy atom. The first-order chi connectivity index (χ1) is 9.26. The topological polar surface area (TPSA) is 27.1 Å². The fraction of sp³-hybridized carbons (Fsp3) is 0.438. The van der Waals surface area contributed by atoms with E-state index < -0.39 is 6.36 Å². The molecule has 0 aliphatic heterocycles. The maximum atomic E-state index is 12.5. The van der Waals surface area contributed by atoms with E-state index in [1.165, 1.54) is 17.0 Å². The molecule has 0 saturated carbocycles. The summed E-state index contributed by atoms with van der Waals surface area (Å²) in [7, 11) is 0. The van der Waals surface area contributed by atoms with Gasteiger partial charge in [0.1, 0.15) is 0 Å². The number of aryl methyl sites for hydroxylation is 1. The Morgan fingerprint density at radius 1 is 1.18 bits per heavy atom. The SMILES string of the molecule is C.C.Cc1cn(-c2ccc(C(C)C)cc2OC(F)(F)F)cn1. The van der Waals surface area contributed by atoms with Gasteiger partial charge in [-0.15, -0.1) is 13.2 Å². The molecule has 6 heteroatoms. The summed E-state index contributed by atoms with van der Waals surface area (Å²) >= 11 is 0. The lowest BCUT2D eigenvalue weighted by atomic mass is 10.0. The van der Waals surface area contributed by atoms with Crippen molar-refractivity contribution in [3.8, 4) is 11.4 Å². The van der Waals surface area contributed by atoms with Gasteiger partial charge in [-0.2, -0.15) is 0 Å². The molecule has 2 rings (SSSR count). The van der Waals surface area contributed by atoms with Crippen molar-refractivity contribution in [2.24, 2.45) is 0 Å². The van der Waals surface area contributed by atoms with E-state index in [4.69, 9.17) is 0 Å². The van der Waals surface area contributed by atoms with Crippen molar-refractivity contribution < 1.29 is 17.9 Å². The van der Waals surface area contributed by atoms with E-state index in [9.17, 15) is 13.2 Å². The normalized spacial score (nSPS) is 10.9. The average Bonchev–Trinajstić information content (AvgIpc) is 2.73. The van der Waals surface area contributed by atoms with Crippen LogP contribution in [0.25, 0.3) is 5.69 Å². The smallest absolute Gasteiger partial charge is 0.404 e. The lowest BCUT2D eigenvalue weighted by molar-refractivity contribution is -0.274. The monoisotopic (exact) mass is 316 g/mol. The summed E-state index contributed by atoms with van der Waals surface area (Å²) in [6.45, 7) is 5.59. The van der Waals surface area contributed by atoms with E-state index in [1.54, 1.807) is 25.3 Å². The van der Waals surface area contributed by atoms with Crippen LogP contribution in [-0.4, -0.2) is 15.9 Å². The van der Waals surface area contributed by atoms with Crippen LogP contribution in [0.2, 0.25) is 0 Å². The first kappa shape index (κ1) is 20.0. The number of rotatable bonds is 3. The Kier molecular flexibility index (Phi) is 6.67. The largest absolute Gasteiger partial charge is 0.573 e. The van der Waals surface area contributed by atoms with E-state index in [2.05, 4.69) is 9.72 Å². The van der Waals surface area contributed by atoms with Gasteiger partial charge in [-0.1, -0.05) is 34.8 Å². The van der Waals surface area contributed by atoms with Crippen LogP contribution in [0.4, 0.5) is 13.2 Å². The van der Waals surface area contributed by atoms with E-state index >= 15 is 0 Å². The molecule has 0 aliphatic rings. The summed E-state index contributed by atoms with van der Waals surface area (Å²) < 4.78 is 43.2. The second-order valence-corrected chi connectivity index (χ2v) is 4.85. The molecule has 0 unspecified atom stereocenters. The zero-order valence-electron chi connectivity index (χ0n) is 11.4. The summed E-state index contributed by atoms with van der Waals surface area (Å²) in [6.07, 6.45) is -1.61. The zero-order valence-corrected chi connectivity index (χ0v) is 11.4. The highest BCUT2D eigenvalue weighted by molar-refractivity contribution is 5.49. The molecule has 0 spiro atoms. The van der Waals surface area contributed by atoms with Crippen molar-refractivity contribution >= 4 is 0 Å². The highest BCUT2D eigenvalue weighted by Gasteiger charge is 2.32. The predicted molar refractivity (Wildman–Crippen MR) is 82.5 cm³/mol. The summed E-state index contributed by atoms with van der Waals surface area (Å²) in [5.74, 6) is -0.106. The Hall–Kier alpha value is -1.98. The predicted octanol–water partition coefficient (Wildman–Crippen LogP) is 5.47. The van der Waals surface area contributed by atoms with Crippen molar-refractivity contribution in [1.82, 2.24) is 9.55 Å². The number of imidazole rings is 1. The van der Waals surface area contributed by atoms with Crippen LogP contribution in [0.3, 0.4) is 0 Å². The van der Waals surface area contributed by atoms with Gasteiger partial charge < -0.3 is 9.30 Å². The average molecular weight is 316 g/mol. The first-order valence-electron chi connectivity index (χ1n) is 6.17. The van der Waals surface area contributed by atoms with Gasteiger partial charge in [0.2, 0.25) is 0 Å². The summed E-state index contributed by atoms with van der Waals surface area (Å²) in [5.41, 5.74) is 1.81. The quantitative estimate of drug-likeness (QED) is 0.750. The van der Waals surface area contributed by atoms with E-state index in [0.29, 0.717) is 5.69 Å². The fourth-order valence-electron chi connectivity index (χ4n) is 1.86. The van der Waals surface area contributed by atoms with Crippen molar-refractivity contribution in [3.05, 3.63) is 42.0 Å². The number of nitrogens with zero attached hydrogens (tertiary/aromatic N) is 2. The molecule has 0 amide bonds. The molecule has 0 bridgehead atoms. The van der Waals surface area contributed by atoms with Crippen molar-refractivity contribution in [2.75, 3.05) is 0 Å². The molecular formula is C16H23F3N2O. The summed E-state index contributed by atoms with van der Waals surface area (Å²) in [5, 5.41) is 0. The molecule has 0 atom stereocenters. The molecule has 2 aromatic rings. The van der Waals surface area contributed by atoms with Gasteiger partial charge in [-0.3, -0.25) is 0 Å². The molecule has 1 aromatic carbocycles.